The van der Waals surface area contributed by atoms with E-state index in [1.54, 1.807) is 0 Å². The monoisotopic (exact) mass is 302 g/mol. The normalized spacial score (nSPS) is 21.7. The number of hydrogen-bond acceptors (Lipinski definition) is 3. The fraction of sp³-hybridized carbons (Fsp3) is 0.533. The SMILES string of the molecule is CCOC1CC(CC(=O)c2ccccc2OC(F)(F)F)C1. The lowest BCUT2D eigenvalue weighted by Gasteiger charge is -2.34. The number of benzene rings is 1. The number of ether oxygens (including phenoxy) is 2. The van der Waals surface area contributed by atoms with E-state index in [1.165, 1.54) is 18.2 Å². The van der Waals surface area contributed by atoms with Crippen LogP contribution in [0.5, 0.6) is 5.75 Å². The molecule has 1 aliphatic rings. The van der Waals surface area contributed by atoms with Crippen molar-refractivity contribution in [1.29, 1.82) is 0 Å². The van der Waals surface area contributed by atoms with Gasteiger partial charge in [0.15, 0.2) is 5.78 Å². The number of halogens is 3. The predicted octanol–water partition coefficient (Wildman–Crippen LogP) is 3.97. The maximum Gasteiger partial charge on any atom is 0.573 e. The molecule has 116 valence electrons. The Kier molecular flexibility index (Phi) is 4.88. The van der Waals surface area contributed by atoms with Crippen LogP contribution in [0.15, 0.2) is 24.3 Å². The number of carbonyl (C=O) groups is 1. The number of Topliss-reactive ketones (excluding diaryl/α,β-unsaturated/α-hetero) is 1. The summed E-state index contributed by atoms with van der Waals surface area (Å²) < 4.78 is 46.2. The van der Waals surface area contributed by atoms with Gasteiger partial charge >= 0.3 is 6.36 Å². The van der Waals surface area contributed by atoms with Crippen LogP contribution in [-0.4, -0.2) is 24.9 Å². The number of hydrogen-bond donors (Lipinski definition) is 0. The van der Waals surface area contributed by atoms with Gasteiger partial charge in [-0.05, 0) is 37.8 Å². The first-order chi connectivity index (χ1) is 9.89. The highest BCUT2D eigenvalue weighted by atomic mass is 19.4. The van der Waals surface area contributed by atoms with E-state index in [2.05, 4.69) is 4.74 Å². The molecule has 21 heavy (non-hydrogen) atoms. The van der Waals surface area contributed by atoms with Crippen molar-refractivity contribution < 1.29 is 27.4 Å². The molecule has 6 heteroatoms. The Balaban J connectivity index is 1.97. The molecular weight excluding hydrogens is 285 g/mol. The Bertz CT molecular complexity index is 493. The summed E-state index contributed by atoms with van der Waals surface area (Å²) in [4.78, 5) is 12.1. The van der Waals surface area contributed by atoms with Crippen LogP contribution < -0.4 is 4.74 Å². The smallest absolute Gasteiger partial charge is 0.405 e. The van der Waals surface area contributed by atoms with E-state index in [1.807, 2.05) is 6.92 Å². The van der Waals surface area contributed by atoms with Gasteiger partial charge in [0.25, 0.3) is 0 Å². The Labute approximate surface area is 121 Å². The van der Waals surface area contributed by atoms with Gasteiger partial charge in [-0.1, -0.05) is 12.1 Å². The van der Waals surface area contributed by atoms with Gasteiger partial charge in [0.05, 0.1) is 11.7 Å². The van der Waals surface area contributed by atoms with E-state index in [0.717, 1.165) is 18.9 Å². The first-order valence-electron chi connectivity index (χ1n) is 6.88. The molecule has 1 saturated carbocycles. The molecule has 1 aromatic rings. The van der Waals surface area contributed by atoms with Crippen LogP contribution in [0.2, 0.25) is 0 Å². The van der Waals surface area contributed by atoms with Crippen LogP contribution >= 0.6 is 0 Å². The van der Waals surface area contributed by atoms with Crippen molar-refractivity contribution >= 4 is 5.78 Å². The highest BCUT2D eigenvalue weighted by molar-refractivity contribution is 5.98. The molecule has 0 spiro atoms. The van der Waals surface area contributed by atoms with Crippen LogP contribution in [0.3, 0.4) is 0 Å². The first-order valence-corrected chi connectivity index (χ1v) is 6.88. The molecule has 0 saturated heterocycles. The number of carbonyl (C=O) groups excluding carboxylic acids is 1. The standard InChI is InChI=1S/C15H17F3O3/c1-2-20-11-7-10(8-11)9-13(19)12-5-3-4-6-14(12)21-15(16,17)18/h3-6,10-11H,2,7-9H2,1H3. The zero-order valence-corrected chi connectivity index (χ0v) is 11.7. The van der Waals surface area contributed by atoms with Crippen molar-refractivity contribution in [2.45, 2.75) is 38.7 Å². The summed E-state index contributed by atoms with van der Waals surface area (Å²) in [5, 5.41) is 0. The molecule has 0 aliphatic heterocycles. The van der Waals surface area contributed by atoms with E-state index >= 15 is 0 Å². The van der Waals surface area contributed by atoms with E-state index in [0.29, 0.717) is 6.61 Å². The Morgan fingerprint density at radius 3 is 2.57 bits per heavy atom. The Hall–Kier alpha value is -1.56. The van der Waals surface area contributed by atoms with Crippen molar-refractivity contribution in [3.8, 4) is 5.75 Å². The van der Waals surface area contributed by atoms with Crippen molar-refractivity contribution in [2.24, 2.45) is 5.92 Å². The molecule has 0 bridgehead atoms. The van der Waals surface area contributed by atoms with Crippen LogP contribution in [0.25, 0.3) is 0 Å². The minimum atomic E-state index is -4.80. The second kappa shape index (κ2) is 6.47. The summed E-state index contributed by atoms with van der Waals surface area (Å²) in [5.74, 6) is -0.585. The minimum Gasteiger partial charge on any atom is -0.405 e. The van der Waals surface area contributed by atoms with E-state index in [4.69, 9.17) is 4.74 Å². The zero-order chi connectivity index (χ0) is 15.5. The first kappa shape index (κ1) is 15.8. The lowest BCUT2D eigenvalue weighted by Crippen LogP contribution is -2.32. The molecule has 0 atom stereocenters. The third kappa shape index (κ3) is 4.46. The van der Waals surface area contributed by atoms with Crippen LogP contribution in [0, 0.1) is 5.92 Å². The average Bonchev–Trinajstić information content (AvgIpc) is 2.35. The number of ketones is 1. The zero-order valence-electron chi connectivity index (χ0n) is 11.7. The topological polar surface area (TPSA) is 35.5 Å². The van der Waals surface area contributed by atoms with Gasteiger partial charge < -0.3 is 9.47 Å². The molecule has 0 unspecified atom stereocenters. The van der Waals surface area contributed by atoms with Gasteiger partial charge in [0, 0.05) is 13.0 Å². The molecule has 0 radical (unpaired) electrons. The Morgan fingerprint density at radius 2 is 1.95 bits per heavy atom. The van der Waals surface area contributed by atoms with Gasteiger partial charge in [-0.15, -0.1) is 13.2 Å². The molecule has 3 nitrogen and oxygen atoms in total. The van der Waals surface area contributed by atoms with Gasteiger partial charge in [-0.2, -0.15) is 0 Å². The third-order valence-electron chi connectivity index (χ3n) is 3.48. The molecule has 1 fully saturated rings. The molecule has 0 aromatic heterocycles. The van der Waals surface area contributed by atoms with E-state index < -0.39 is 12.1 Å². The largest absolute Gasteiger partial charge is 0.573 e. The molecule has 0 heterocycles. The summed E-state index contributed by atoms with van der Waals surface area (Å²) in [5.41, 5.74) is -0.0188. The van der Waals surface area contributed by atoms with Crippen LogP contribution in [-0.2, 0) is 4.74 Å². The molecule has 0 N–H and O–H groups in total. The highest BCUT2D eigenvalue weighted by Crippen LogP contribution is 2.35. The summed E-state index contributed by atoms with van der Waals surface area (Å²) in [6.07, 6.45) is -2.84. The maximum atomic E-state index is 12.3. The number of rotatable bonds is 6. The lowest BCUT2D eigenvalue weighted by molar-refractivity contribution is -0.274. The summed E-state index contributed by atoms with van der Waals surface area (Å²) in [7, 11) is 0. The molecule has 2 rings (SSSR count). The van der Waals surface area contributed by atoms with Crippen LogP contribution in [0.1, 0.15) is 36.5 Å². The lowest BCUT2D eigenvalue weighted by atomic mass is 9.78. The van der Waals surface area contributed by atoms with Crippen LogP contribution in [0.4, 0.5) is 13.2 Å². The second-order valence-corrected chi connectivity index (χ2v) is 5.09. The van der Waals surface area contributed by atoms with Gasteiger partial charge in [-0.3, -0.25) is 4.79 Å². The predicted molar refractivity (Wildman–Crippen MR) is 70.2 cm³/mol. The molecule has 1 aromatic carbocycles. The van der Waals surface area contributed by atoms with E-state index in [9.17, 15) is 18.0 Å². The molecule has 0 amide bonds. The number of alkyl halides is 3. The van der Waals surface area contributed by atoms with Crippen molar-refractivity contribution in [3.63, 3.8) is 0 Å². The summed E-state index contributed by atoms with van der Waals surface area (Å²) in [6, 6.07) is 5.46. The minimum absolute atomic E-state index is 0.0188. The van der Waals surface area contributed by atoms with Gasteiger partial charge in [0.1, 0.15) is 5.75 Å². The van der Waals surface area contributed by atoms with Gasteiger partial charge in [0.2, 0.25) is 0 Å². The van der Waals surface area contributed by atoms with Crippen molar-refractivity contribution in [2.75, 3.05) is 6.61 Å². The third-order valence-corrected chi connectivity index (χ3v) is 3.48. The van der Waals surface area contributed by atoms with Gasteiger partial charge in [-0.25, -0.2) is 0 Å². The summed E-state index contributed by atoms with van der Waals surface area (Å²) >= 11 is 0. The van der Waals surface area contributed by atoms with E-state index in [-0.39, 0.29) is 29.8 Å². The quantitative estimate of drug-likeness (QED) is 0.746. The fourth-order valence-electron chi connectivity index (χ4n) is 2.50. The maximum absolute atomic E-state index is 12.3. The fourth-order valence-corrected chi connectivity index (χ4v) is 2.50. The Morgan fingerprint density at radius 1 is 1.29 bits per heavy atom. The second-order valence-electron chi connectivity index (χ2n) is 5.09. The average molecular weight is 302 g/mol. The van der Waals surface area contributed by atoms with Crippen molar-refractivity contribution in [1.82, 2.24) is 0 Å². The number of para-hydroxylation sites is 1. The molecule has 1 aliphatic carbocycles. The molecular formula is C15H17F3O3. The summed E-state index contributed by atoms with van der Waals surface area (Å²) in [6.45, 7) is 2.54. The highest BCUT2D eigenvalue weighted by Gasteiger charge is 2.34. The van der Waals surface area contributed by atoms with Crippen molar-refractivity contribution in [3.05, 3.63) is 29.8 Å².